The highest BCUT2D eigenvalue weighted by atomic mass is 35.5. The molecule has 1 aromatic rings. The lowest BCUT2D eigenvalue weighted by molar-refractivity contribution is 0.0821. The monoisotopic (exact) mass is 285 g/mol. The van der Waals surface area contributed by atoms with Crippen LogP contribution in [0.25, 0.3) is 0 Å². The van der Waals surface area contributed by atoms with E-state index in [1.807, 2.05) is 0 Å². The first kappa shape index (κ1) is 15.7. The van der Waals surface area contributed by atoms with E-state index >= 15 is 0 Å². The molecule has 0 aliphatic carbocycles. The summed E-state index contributed by atoms with van der Waals surface area (Å²) in [5.41, 5.74) is 0.392. The average Bonchev–Trinajstić information content (AvgIpc) is 2.38. The van der Waals surface area contributed by atoms with Gasteiger partial charge in [0.15, 0.2) is 0 Å². The third-order valence-corrected chi connectivity index (χ3v) is 3.04. The summed E-state index contributed by atoms with van der Waals surface area (Å²) in [6.07, 6.45) is 3.23. The number of nitrogens with one attached hydrogen (secondary N) is 1. The number of nitrogens with zero attached hydrogens (tertiary/aromatic N) is 4. The van der Waals surface area contributed by atoms with E-state index < -0.39 is 0 Å². The molecule has 1 amide bonds. The lowest BCUT2D eigenvalue weighted by atomic mass is 10.2. The minimum Gasteiger partial charge on any atom is -0.350 e. The summed E-state index contributed by atoms with van der Waals surface area (Å²) in [4.78, 5) is 24.1. The van der Waals surface area contributed by atoms with Crippen molar-refractivity contribution < 1.29 is 4.79 Å². The number of rotatable bonds is 2. The molecule has 106 valence electrons. The Morgan fingerprint density at radius 3 is 2.84 bits per heavy atom. The smallest absolute Gasteiger partial charge is 0.273 e. The van der Waals surface area contributed by atoms with Crippen molar-refractivity contribution >= 4 is 24.1 Å². The molecular weight excluding hydrogens is 266 g/mol. The van der Waals surface area contributed by atoms with Gasteiger partial charge in [0.05, 0.1) is 12.4 Å². The molecule has 1 aliphatic rings. The van der Waals surface area contributed by atoms with Crippen LogP contribution in [0.4, 0.5) is 5.82 Å². The summed E-state index contributed by atoms with van der Waals surface area (Å²) in [5.74, 6) is 0.656. The second-order valence-corrected chi connectivity index (χ2v) is 4.71. The number of carbonyl (C=O) groups is 1. The van der Waals surface area contributed by atoms with Crippen molar-refractivity contribution in [2.75, 3.05) is 38.6 Å². The Kier molecular flexibility index (Phi) is 5.50. The van der Waals surface area contributed by atoms with Gasteiger partial charge in [0.2, 0.25) is 0 Å². The fraction of sp³-hybridized carbons (Fsp3) is 0.583. The Hall–Kier alpha value is -1.40. The third kappa shape index (κ3) is 3.54. The van der Waals surface area contributed by atoms with Crippen molar-refractivity contribution in [2.24, 2.45) is 0 Å². The Balaban J connectivity index is 0.00000180. The standard InChI is InChI=1S/C12H19N5O.ClH/c1-9-6-13-4-5-17(9)11-8-14-7-10(15-11)12(18)16(2)3;/h7-9,13H,4-6H2,1-3H3;1H. The van der Waals surface area contributed by atoms with E-state index in [0.717, 1.165) is 25.5 Å². The van der Waals surface area contributed by atoms with Crippen molar-refractivity contribution in [3.8, 4) is 0 Å². The zero-order valence-electron chi connectivity index (χ0n) is 11.5. The Bertz CT molecular complexity index is 440. The molecule has 1 saturated heterocycles. The van der Waals surface area contributed by atoms with Gasteiger partial charge >= 0.3 is 0 Å². The number of amides is 1. The van der Waals surface area contributed by atoms with Crippen LogP contribution >= 0.6 is 12.4 Å². The molecule has 0 aromatic carbocycles. The maximum atomic E-state index is 11.9. The minimum absolute atomic E-state index is 0. The highest BCUT2D eigenvalue weighted by molar-refractivity contribution is 5.91. The van der Waals surface area contributed by atoms with E-state index in [4.69, 9.17) is 0 Å². The van der Waals surface area contributed by atoms with Crippen molar-refractivity contribution in [2.45, 2.75) is 13.0 Å². The summed E-state index contributed by atoms with van der Waals surface area (Å²) in [6.45, 7) is 4.87. The maximum absolute atomic E-state index is 11.9. The van der Waals surface area contributed by atoms with Crippen LogP contribution < -0.4 is 10.2 Å². The number of hydrogen-bond donors (Lipinski definition) is 1. The molecule has 1 N–H and O–H groups in total. The fourth-order valence-corrected chi connectivity index (χ4v) is 2.01. The summed E-state index contributed by atoms with van der Waals surface area (Å²) >= 11 is 0. The molecule has 1 atom stereocenters. The van der Waals surface area contributed by atoms with Gasteiger partial charge in [-0.3, -0.25) is 9.78 Å². The van der Waals surface area contributed by atoms with Gasteiger partial charge < -0.3 is 15.1 Å². The fourth-order valence-electron chi connectivity index (χ4n) is 2.01. The number of halogens is 1. The molecule has 1 fully saturated rings. The van der Waals surface area contributed by atoms with Crippen LogP contribution in [0.1, 0.15) is 17.4 Å². The molecule has 7 heteroatoms. The Labute approximate surface area is 119 Å². The van der Waals surface area contributed by atoms with E-state index in [0.29, 0.717) is 11.7 Å². The second kappa shape index (κ2) is 6.68. The van der Waals surface area contributed by atoms with Crippen LogP contribution in [0.5, 0.6) is 0 Å². The molecule has 6 nitrogen and oxygen atoms in total. The molecule has 0 saturated carbocycles. The molecule has 1 unspecified atom stereocenters. The van der Waals surface area contributed by atoms with Gasteiger partial charge in [-0.2, -0.15) is 0 Å². The largest absolute Gasteiger partial charge is 0.350 e. The predicted molar refractivity (Wildman–Crippen MR) is 77.0 cm³/mol. The van der Waals surface area contributed by atoms with Crippen LogP contribution in [-0.4, -0.2) is 60.5 Å². The number of piperazine rings is 1. The number of hydrogen-bond acceptors (Lipinski definition) is 5. The van der Waals surface area contributed by atoms with E-state index in [1.54, 1.807) is 20.3 Å². The van der Waals surface area contributed by atoms with Gasteiger partial charge in [0, 0.05) is 39.8 Å². The molecule has 2 rings (SSSR count). The van der Waals surface area contributed by atoms with Crippen LogP contribution in [0, 0.1) is 0 Å². The minimum atomic E-state index is -0.118. The van der Waals surface area contributed by atoms with Crippen LogP contribution in [0.2, 0.25) is 0 Å². The van der Waals surface area contributed by atoms with Crippen molar-refractivity contribution in [1.29, 1.82) is 0 Å². The van der Waals surface area contributed by atoms with Crippen LogP contribution in [-0.2, 0) is 0 Å². The van der Waals surface area contributed by atoms with Crippen LogP contribution in [0.15, 0.2) is 12.4 Å². The normalized spacial score (nSPS) is 18.7. The molecule has 0 bridgehead atoms. The maximum Gasteiger partial charge on any atom is 0.273 e. The van der Waals surface area contributed by atoms with Crippen molar-refractivity contribution in [1.82, 2.24) is 20.2 Å². The van der Waals surface area contributed by atoms with E-state index in [9.17, 15) is 4.79 Å². The molecule has 1 aliphatic heterocycles. The molecule has 0 radical (unpaired) electrons. The zero-order valence-corrected chi connectivity index (χ0v) is 12.3. The van der Waals surface area contributed by atoms with E-state index in [1.165, 1.54) is 11.1 Å². The first-order valence-electron chi connectivity index (χ1n) is 6.10. The molecular formula is C12H20ClN5O. The zero-order chi connectivity index (χ0) is 13.1. The third-order valence-electron chi connectivity index (χ3n) is 3.04. The predicted octanol–water partition coefficient (Wildman–Crippen LogP) is 0.398. The SMILES string of the molecule is CC1CNCCN1c1cncc(C(=O)N(C)C)n1.Cl. The number of aromatic nitrogens is 2. The summed E-state index contributed by atoms with van der Waals surface area (Å²) < 4.78 is 0. The molecule has 0 spiro atoms. The lowest BCUT2D eigenvalue weighted by Crippen LogP contribution is -2.50. The quantitative estimate of drug-likeness (QED) is 0.852. The molecule has 1 aromatic heterocycles. The van der Waals surface area contributed by atoms with Gasteiger partial charge in [0.1, 0.15) is 11.5 Å². The van der Waals surface area contributed by atoms with Crippen molar-refractivity contribution in [3.63, 3.8) is 0 Å². The lowest BCUT2D eigenvalue weighted by Gasteiger charge is -2.34. The second-order valence-electron chi connectivity index (χ2n) is 4.71. The highest BCUT2D eigenvalue weighted by Gasteiger charge is 2.21. The van der Waals surface area contributed by atoms with Gasteiger partial charge in [-0.1, -0.05) is 0 Å². The van der Waals surface area contributed by atoms with E-state index in [2.05, 4.69) is 27.1 Å². The van der Waals surface area contributed by atoms with Gasteiger partial charge in [-0.05, 0) is 6.92 Å². The molecule has 19 heavy (non-hydrogen) atoms. The van der Waals surface area contributed by atoms with Gasteiger partial charge in [-0.15, -0.1) is 12.4 Å². The first-order chi connectivity index (χ1) is 8.59. The van der Waals surface area contributed by atoms with E-state index in [-0.39, 0.29) is 18.3 Å². The Morgan fingerprint density at radius 1 is 1.47 bits per heavy atom. The summed E-state index contributed by atoms with van der Waals surface area (Å²) in [5, 5.41) is 3.32. The molecule has 2 heterocycles. The van der Waals surface area contributed by atoms with Crippen LogP contribution in [0.3, 0.4) is 0 Å². The first-order valence-corrected chi connectivity index (χ1v) is 6.10. The average molecular weight is 286 g/mol. The van der Waals surface area contributed by atoms with Gasteiger partial charge in [0.25, 0.3) is 5.91 Å². The Morgan fingerprint density at radius 2 is 2.21 bits per heavy atom. The highest BCUT2D eigenvalue weighted by Crippen LogP contribution is 2.15. The topological polar surface area (TPSA) is 61.4 Å². The number of carbonyl (C=O) groups excluding carboxylic acids is 1. The van der Waals surface area contributed by atoms with Gasteiger partial charge in [-0.25, -0.2) is 4.98 Å². The number of anilines is 1. The summed E-state index contributed by atoms with van der Waals surface area (Å²) in [6, 6.07) is 0.359. The van der Waals surface area contributed by atoms with Crippen molar-refractivity contribution in [3.05, 3.63) is 18.1 Å². The summed E-state index contributed by atoms with van der Waals surface area (Å²) in [7, 11) is 3.42.